The minimum absolute atomic E-state index is 0.0325. The molecule has 1 aliphatic rings. The Morgan fingerprint density at radius 3 is 2.96 bits per heavy atom. The molecule has 124 valence electrons. The van der Waals surface area contributed by atoms with Crippen molar-refractivity contribution in [3.8, 4) is 0 Å². The van der Waals surface area contributed by atoms with E-state index >= 15 is 0 Å². The second-order valence-electron chi connectivity index (χ2n) is 6.44. The van der Waals surface area contributed by atoms with Gasteiger partial charge in [0.05, 0.1) is 11.0 Å². The molecule has 1 amide bonds. The van der Waals surface area contributed by atoms with Crippen LogP contribution in [0.15, 0.2) is 18.2 Å². The van der Waals surface area contributed by atoms with E-state index < -0.39 is 0 Å². The number of amides is 1. The lowest BCUT2D eigenvalue weighted by molar-refractivity contribution is -0.117. The van der Waals surface area contributed by atoms with Crippen molar-refractivity contribution < 1.29 is 9.18 Å². The van der Waals surface area contributed by atoms with Crippen LogP contribution in [0.1, 0.15) is 26.2 Å². The van der Waals surface area contributed by atoms with E-state index in [0.717, 1.165) is 31.4 Å². The van der Waals surface area contributed by atoms with Gasteiger partial charge in [-0.15, -0.1) is 0 Å². The van der Waals surface area contributed by atoms with Crippen LogP contribution in [0.3, 0.4) is 0 Å². The molecule has 23 heavy (non-hydrogen) atoms. The summed E-state index contributed by atoms with van der Waals surface area (Å²) in [6, 6.07) is 4.45. The molecule has 1 aromatic heterocycles. The molecule has 2 aromatic rings. The summed E-state index contributed by atoms with van der Waals surface area (Å²) in [6.07, 6.45) is 2.74. The zero-order valence-electron chi connectivity index (χ0n) is 13.6. The molecule has 1 saturated heterocycles. The van der Waals surface area contributed by atoms with Crippen LogP contribution in [0.4, 0.5) is 10.3 Å². The molecular formula is C17H23FN4O. The number of nitrogens with one attached hydrogen (secondary N) is 2. The number of aromatic nitrogens is 2. The number of carbonyl (C=O) groups excluding carboxylic acids is 1. The van der Waals surface area contributed by atoms with Gasteiger partial charge < -0.3 is 9.88 Å². The quantitative estimate of drug-likeness (QED) is 0.911. The SMILES string of the molecule is CC(CC(=O)Nc1nc2cc(F)ccc2n1C)C1CCNCC1. The van der Waals surface area contributed by atoms with E-state index in [4.69, 9.17) is 0 Å². The van der Waals surface area contributed by atoms with Gasteiger partial charge in [-0.25, -0.2) is 9.37 Å². The second-order valence-corrected chi connectivity index (χ2v) is 6.44. The summed E-state index contributed by atoms with van der Waals surface area (Å²) in [7, 11) is 1.82. The van der Waals surface area contributed by atoms with Gasteiger partial charge in [0, 0.05) is 19.5 Å². The number of aryl methyl sites for hydroxylation is 1. The van der Waals surface area contributed by atoms with E-state index in [9.17, 15) is 9.18 Å². The zero-order valence-corrected chi connectivity index (χ0v) is 13.6. The highest BCUT2D eigenvalue weighted by molar-refractivity contribution is 5.91. The lowest BCUT2D eigenvalue weighted by atomic mass is 9.84. The predicted octanol–water partition coefficient (Wildman–Crippen LogP) is 2.68. The molecular weight excluding hydrogens is 295 g/mol. The Balaban J connectivity index is 1.66. The molecule has 5 nitrogen and oxygen atoms in total. The molecule has 1 unspecified atom stereocenters. The summed E-state index contributed by atoms with van der Waals surface area (Å²) in [5.74, 6) is 1.05. The first kappa shape index (κ1) is 15.9. The van der Waals surface area contributed by atoms with Crippen molar-refractivity contribution in [2.24, 2.45) is 18.9 Å². The fraction of sp³-hybridized carbons (Fsp3) is 0.529. The minimum atomic E-state index is -0.326. The molecule has 0 saturated carbocycles. The fourth-order valence-electron chi connectivity index (χ4n) is 3.33. The van der Waals surface area contributed by atoms with Crippen molar-refractivity contribution in [2.45, 2.75) is 26.2 Å². The van der Waals surface area contributed by atoms with Crippen LogP contribution in [0.2, 0.25) is 0 Å². The summed E-state index contributed by atoms with van der Waals surface area (Å²) in [5, 5.41) is 6.21. The summed E-state index contributed by atoms with van der Waals surface area (Å²) in [6.45, 7) is 4.21. The lowest BCUT2D eigenvalue weighted by Crippen LogP contribution is -2.32. The molecule has 6 heteroatoms. The monoisotopic (exact) mass is 318 g/mol. The van der Waals surface area contributed by atoms with Gasteiger partial charge in [0.15, 0.2) is 0 Å². The normalized spacial score (nSPS) is 17.3. The first-order chi connectivity index (χ1) is 11.0. The van der Waals surface area contributed by atoms with Crippen LogP contribution in [-0.2, 0) is 11.8 Å². The van der Waals surface area contributed by atoms with Crippen molar-refractivity contribution >= 4 is 22.9 Å². The number of piperidine rings is 1. The maximum Gasteiger partial charge on any atom is 0.226 e. The predicted molar refractivity (Wildman–Crippen MR) is 88.7 cm³/mol. The molecule has 2 heterocycles. The maximum absolute atomic E-state index is 13.3. The summed E-state index contributed by atoms with van der Waals surface area (Å²) in [5.41, 5.74) is 1.35. The van der Waals surface area contributed by atoms with Crippen LogP contribution in [0, 0.1) is 17.7 Å². The highest BCUT2D eigenvalue weighted by Crippen LogP contribution is 2.25. The van der Waals surface area contributed by atoms with Gasteiger partial charge in [0.1, 0.15) is 5.82 Å². The average Bonchev–Trinajstić information content (AvgIpc) is 2.83. The smallest absolute Gasteiger partial charge is 0.226 e. The number of carbonyl (C=O) groups is 1. The molecule has 0 aliphatic carbocycles. The van der Waals surface area contributed by atoms with Gasteiger partial charge in [-0.1, -0.05) is 6.92 Å². The van der Waals surface area contributed by atoms with Crippen LogP contribution < -0.4 is 10.6 Å². The molecule has 3 rings (SSSR count). The molecule has 1 fully saturated rings. The number of anilines is 1. The van der Waals surface area contributed by atoms with E-state index in [1.165, 1.54) is 12.1 Å². The minimum Gasteiger partial charge on any atom is -0.317 e. The molecule has 0 bridgehead atoms. The highest BCUT2D eigenvalue weighted by Gasteiger charge is 2.22. The summed E-state index contributed by atoms with van der Waals surface area (Å²) < 4.78 is 15.1. The average molecular weight is 318 g/mol. The van der Waals surface area contributed by atoms with Crippen LogP contribution in [0.25, 0.3) is 11.0 Å². The van der Waals surface area contributed by atoms with E-state index in [2.05, 4.69) is 22.5 Å². The van der Waals surface area contributed by atoms with Crippen LogP contribution >= 0.6 is 0 Å². The van der Waals surface area contributed by atoms with Crippen molar-refractivity contribution in [3.63, 3.8) is 0 Å². The molecule has 1 aromatic carbocycles. The number of benzene rings is 1. The highest BCUT2D eigenvalue weighted by atomic mass is 19.1. The van der Waals surface area contributed by atoms with E-state index in [0.29, 0.717) is 29.7 Å². The van der Waals surface area contributed by atoms with Gasteiger partial charge in [-0.2, -0.15) is 0 Å². The van der Waals surface area contributed by atoms with Gasteiger partial charge >= 0.3 is 0 Å². The third-order valence-electron chi connectivity index (χ3n) is 4.79. The van der Waals surface area contributed by atoms with E-state index in [1.807, 2.05) is 7.05 Å². The topological polar surface area (TPSA) is 59.0 Å². The Hall–Kier alpha value is -1.95. The molecule has 0 spiro atoms. The maximum atomic E-state index is 13.3. The zero-order chi connectivity index (χ0) is 16.4. The largest absolute Gasteiger partial charge is 0.317 e. The fourth-order valence-corrected chi connectivity index (χ4v) is 3.33. The summed E-state index contributed by atoms with van der Waals surface area (Å²) in [4.78, 5) is 16.6. The molecule has 2 N–H and O–H groups in total. The van der Waals surface area contributed by atoms with Gasteiger partial charge in [-0.05, 0) is 49.9 Å². The molecule has 1 aliphatic heterocycles. The van der Waals surface area contributed by atoms with Gasteiger partial charge in [-0.3, -0.25) is 10.1 Å². The van der Waals surface area contributed by atoms with Gasteiger partial charge in [0.25, 0.3) is 0 Å². The van der Waals surface area contributed by atoms with Gasteiger partial charge in [0.2, 0.25) is 11.9 Å². The Bertz CT molecular complexity index is 706. The molecule has 1 atom stereocenters. The second kappa shape index (κ2) is 6.66. The number of halogens is 1. The number of fused-ring (bicyclic) bond motifs is 1. The van der Waals surface area contributed by atoms with Crippen molar-refractivity contribution in [1.82, 2.24) is 14.9 Å². The van der Waals surface area contributed by atoms with Crippen LogP contribution in [0.5, 0.6) is 0 Å². The third kappa shape index (κ3) is 3.52. The lowest BCUT2D eigenvalue weighted by Gasteiger charge is -2.27. The molecule has 0 radical (unpaired) electrons. The van der Waals surface area contributed by atoms with Crippen LogP contribution in [-0.4, -0.2) is 28.5 Å². The first-order valence-electron chi connectivity index (χ1n) is 8.17. The third-order valence-corrected chi connectivity index (χ3v) is 4.79. The Kier molecular flexibility index (Phi) is 4.61. The van der Waals surface area contributed by atoms with Crippen molar-refractivity contribution in [2.75, 3.05) is 18.4 Å². The van der Waals surface area contributed by atoms with E-state index in [1.54, 1.807) is 10.6 Å². The Labute approximate surface area is 135 Å². The summed E-state index contributed by atoms with van der Waals surface area (Å²) >= 11 is 0. The van der Waals surface area contributed by atoms with E-state index in [-0.39, 0.29) is 11.7 Å². The van der Waals surface area contributed by atoms with Crippen molar-refractivity contribution in [1.29, 1.82) is 0 Å². The van der Waals surface area contributed by atoms with Crippen molar-refractivity contribution in [3.05, 3.63) is 24.0 Å². The number of hydrogen-bond acceptors (Lipinski definition) is 3. The Morgan fingerprint density at radius 2 is 2.22 bits per heavy atom. The standard InChI is InChI=1S/C17H23FN4O/c1-11(12-5-7-19-8-6-12)9-16(23)21-17-20-14-10-13(18)3-4-15(14)22(17)2/h3-4,10-12,19H,5-9H2,1-2H3,(H,20,21,23). The number of rotatable bonds is 4. The first-order valence-corrected chi connectivity index (χ1v) is 8.17. The Morgan fingerprint density at radius 1 is 1.48 bits per heavy atom. The number of hydrogen-bond donors (Lipinski definition) is 2. The number of nitrogens with zero attached hydrogens (tertiary/aromatic N) is 2. The number of imidazole rings is 1.